The highest BCUT2D eigenvalue weighted by atomic mass is 16.3. The molecule has 4 rings (SSSR count). The van der Waals surface area contributed by atoms with Gasteiger partial charge in [-0.25, -0.2) is 4.98 Å². The van der Waals surface area contributed by atoms with Gasteiger partial charge < -0.3 is 4.42 Å². The molecule has 96 valence electrons. The first-order valence-electron chi connectivity index (χ1n) is 6.66. The van der Waals surface area contributed by atoms with E-state index < -0.39 is 0 Å². The Hall–Kier alpha value is -2.61. The molecule has 0 aliphatic carbocycles. The van der Waals surface area contributed by atoms with Gasteiger partial charge in [-0.15, -0.1) is 0 Å². The quantitative estimate of drug-likeness (QED) is 0.483. The number of hydrogen-bond acceptors (Lipinski definition) is 2. The van der Waals surface area contributed by atoms with E-state index in [0.29, 0.717) is 5.89 Å². The Labute approximate surface area is 116 Å². The van der Waals surface area contributed by atoms with Crippen molar-refractivity contribution in [1.82, 2.24) is 4.98 Å². The average Bonchev–Trinajstić information content (AvgIpc) is 2.89. The SMILES string of the molecule is Cc1ccc2nc(-c3ccc4ccccc4c3)oc2c1. The van der Waals surface area contributed by atoms with Crippen molar-refractivity contribution in [1.29, 1.82) is 0 Å². The predicted octanol–water partition coefficient (Wildman–Crippen LogP) is 4.96. The van der Waals surface area contributed by atoms with Crippen LogP contribution in [0.3, 0.4) is 0 Å². The van der Waals surface area contributed by atoms with Gasteiger partial charge in [0.2, 0.25) is 5.89 Å². The third-order valence-corrected chi connectivity index (χ3v) is 3.54. The Kier molecular flexibility index (Phi) is 2.36. The maximum absolute atomic E-state index is 5.87. The molecule has 1 aromatic heterocycles. The van der Waals surface area contributed by atoms with Gasteiger partial charge in [0, 0.05) is 5.56 Å². The van der Waals surface area contributed by atoms with E-state index in [-0.39, 0.29) is 0 Å². The Morgan fingerprint density at radius 1 is 0.850 bits per heavy atom. The summed E-state index contributed by atoms with van der Waals surface area (Å²) in [6.07, 6.45) is 0. The normalized spacial score (nSPS) is 11.2. The Morgan fingerprint density at radius 3 is 2.60 bits per heavy atom. The molecule has 0 aliphatic heterocycles. The van der Waals surface area contributed by atoms with Gasteiger partial charge in [-0.1, -0.05) is 36.4 Å². The molecule has 0 saturated carbocycles. The smallest absolute Gasteiger partial charge is 0.227 e. The van der Waals surface area contributed by atoms with Gasteiger partial charge in [-0.05, 0) is 47.5 Å². The number of fused-ring (bicyclic) bond motifs is 2. The Bertz CT molecular complexity index is 921. The van der Waals surface area contributed by atoms with Crippen LogP contribution in [0.4, 0.5) is 0 Å². The van der Waals surface area contributed by atoms with E-state index in [1.54, 1.807) is 0 Å². The van der Waals surface area contributed by atoms with E-state index in [0.717, 1.165) is 16.7 Å². The maximum atomic E-state index is 5.87. The molecule has 0 saturated heterocycles. The number of aryl methyl sites for hydroxylation is 1. The van der Waals surface area contributed by atoms with Crippen LogP contribution in [0.2, 0.25) is 0 Å². The summed E-state index contributed by atoms with van der Waals surface area (Å²) in [7, 11) is 0. The molecular formula is C18H13NO. The summed E-state index contributed by atoms with van der Waals surface area (Å²) < 4.78 is 5.87. The van der Waals surface area contributed by atoms with Gasteiger partial charge in [0.1, 0.15) is 5.52 Å². The zero-order valence-corrected chi connectivity index (χ0v) is 11.1. The third kappa shape index (κ3) is 1.77. The molecule has 0 fully saturated rings. The van der Waals surface area contributed by atoms with E-state index in [4.69, 9.17) is 4.42 Å². The lowest BCUT2D eigenvalue weighted by molar-refractivity contribution is 0.619. The van der Waals surface area contributed by atoms with Crippen molar-refractivity contribution >= 4 is 21.9 Å². The highest BCUT2D eigenvalue weighted by Gasteiger charge is 2.08. The van der Waals surface area contributed by atoms with Crippen molar-refractivity contribution in [2.75, 3.05) is 0 Å². The van der Waals surface area contributed by atoms with Gasteiger partial charge in [-0.2, -0.15) is 0 Å². The van der Waals surface area contributed by atoms with Crippen LogP contribution in [0, 0.1) is 6.92 Å². The molecule has 3 aromatic carbocycles. The molecule has 0 radical (unpaired) electrons. The van der Waals surface area contributed by atoms with E-state index in [2.05, 4.69) is 48.3 Å². The first-order valence-corrected chi connectivity index (χ1v) is 6.66. The van der Waals surface area contributed by atoms with Crippen molar-refractivity contribution in [3.63, 3.8) is 0 Å². The van der Waals surface area contributed by atoms with E-state index in [1.165, 1.54) is 16.3 Å². The summed E-state index contributed by atoms with van der Waals surface area (Å²) in [5.41, 5.74) is 3.93. The van der Waals surface area contributed by atoms with Crippen molar-refractivity contribution < 1.29 is 4.42 Å². The van der Waals surface area contributed by atoms with Crippen LogP contribution in [0.5, 0.6) is 0 Å². The van der Waals surface area contributed by atoms with E-state index >= 15 is 0 Å². The summed E-state index contributed by atoms with van der Waals surface area (Å²) in [6.45, 7) is 2.05. The van der Waals surface area contributed by atoms with Crippen molar-refractivity contribution in [2.24, 2.45) is 0 Å². The molecule has 0 N–H and O–H groups in total. The molecule has 0 bridgehead atoms. The first kappa shape index (κ1) is 11.2. The van der Waals surface area contributed by atoms with Crippen LogP contribution in [-0.4, -0.2) is 4.98 Å². The fourth-order valence-corrected chi connectivity index (χ4v) is 2.48. The van der Waals surface area contributed by atoms with Crippen LogP contribution in [0.25, 0.3) is 33.3 Å². The highest BCUT2D eigenvalue weighted by Crippen LogP contribution is 2.27. The van der Waals surface area contributed by atoms with Gasteiger partial charge in [-0.3, -0.25) is 0 Å². The Morgan fingerprint density at radius 2 is 1.70 bits per heavy atom. The van der Waals surface area contributed by atoms with Crippen LogP contribution in [-0.2, 0) is 0 Å². The second kappa shape index (κ2) is 4.20. The highest BCUT2D eigenvalue weighted by molar-refractivity contribution is 5.87. The van der Waals surface area contributed by atoms with Gasteiger partial charge in [0.25, 0.3) is 0 Å². The van der Waals surface area contributed by atoms with Crippen molar-refractivity contribution in [3.8, 4) is 11.5 Å². The fraction of sp³-hybridized carbons (Fsp3) is 0.0556. The van der Waals surface area contributed by atoms with Crippen LogP contribution >= 0.6 is 0 Å². The lowest BCUT2D eigenvalue weighted by Gasteiger charge is -1.99. The predicted molar refractivity (Wildman–Crippen MR) is 81.7 cm³/mol. The van der Waals surface area contributed by atoms with E-state index in [9.17, 15) is 0 Å². The molecule has 1 heterocycles. The van der Waals surface area contributed by atoms with Crippen LogP contribution in [0.15, 0.2) is 65.1 Å². The number of oxazole rings is 1. The Balaban J connectivity index is 1.91. The number of rotatable bonds is 1. The maximum Gasteiger partial charge on any atom is 0.227 e. The zero-order chi connectivity index (χ0) is 13.5. The molecule has 2 heteroatoms. The minimum atomic E-state index is 0.677. The van der Waals surface area contributed by atoms with Crippen molar-refractivity contribution in [3.05, 3.63) is 66.2 Å². The fourth-order valence-electron chi connectivity index (χ4n) is 2.48. The summed E-state index contributed by atoms with van der Waals surface area (Å²) in [5.74, 6) is 0.677. The molecule has 0 unspecified atom stereocenters. The summed E-state index contributed by atoms with van der Waals surface area (Å²) in [4.78, 5) is 4.56. The number of nitrogens with zero attached hydrogens (tertiary/aromatic N) is 1. The standard InChI is InChI=1S/C18H13NO/c1-12-6-9-16-17(10-12)20-18(19-16)15-8-7-13-4-2-3-5-14(13)11-15/h2-11H,1H3. The van der Waals surface area contributed by atoms with Gasteiger partial charge in [0.05, 0.1) is 0 Å². The number of aromatic nitrogens is 1. The summed E-state index contributed by atoms with van der Waals surface area (Å²) in [5, 5.41) is 2.42. The molecule has 0 atom stereocenters. The zero-order valence-electron chi connectivity index (χ0n) is 11.1. The second-order valence-electron chi connectivity index (χ2n) is 5.05. The van der Waals surface area contributed by atoms with Crippen LogP contribution < -0.4 is 0 Å². The molecular weight excluding hydrogens is 246 g/mol. The lowest BCUT2D eigenvalue weighted by Crippen LogP contribution is -1.78. The van der Waals surface area contributed by atoms with Gasteiger partial charge >= 0.3 is 0 Å². The number of benzene rings is 3. The van der Waals surface area contributed by atoms with Gasteiger partial charge in [0.15, 0.2) is 5.58 Å². The largest absolute Gasteiger partial charge is 0.436 e. The molecule has 2 nitrogen and oxygen atoms in total. The lowest BCUT2D eigenvalue weighted by atomic mass is 10.1. The van der Waals surface area contributed by atoms with Crippen molar-refractivity contribution in [2.45, 2.75) is 6.92 Å². The molecule has 0 amide bonds. The molecule has 0 spiro atoms. The minimum absolute atomic E-state index is 0.677. The summed E-state index contributed by atoms with van der Waals surface area (Å²) >= 11 is 0. The first-order chi connectivity index (χ1) is 9.79. The van der Waals surface area contributed by atoms with Crippen LogP contribution in [0.1, 0.15) is 5.56 Å². The molecule has 0 aliphatic rings. The molecule has 4 aromatic rings. The third-order valence-electron chi connectivity index (χ3n) is 3.54. The topological polar surface area (TPSA) is 26.0 Å². The monoisotopic (exact) mass is 259 g/mol. The second-order valence-corrected chi connectivity index (χ2v) is 5.05. The minimum Gasteiger partial charge on any atom is -0.436 e. The van der Waals surface area contributed by atoms with E-state index in [1.807, 2.05) is 24.3 Å². The molecule has 20 heavy (non-hydrogen) atoms. The summed E-state index contributed by atoms with van der Waals surface area (Å²) in [6, 6.07) is 20.6. The number of hydrogen-bond donors (Lipinski definition) is 0. The average molecular weight is 259 g/mol.